The van der Waals surface area contributed by atoms with Gasteiger partial charge in [0.15, 0.2) is 0 Å². The van der Waals surface area contributed by atoms with Crippen molar-refractivity contribution in [3.8, 4) is 5.75 Å². The van der Waals surface area contributed by atoms with E-state index in [-0.39, 0.29) is 6.03 Å². The van der Waals surface area contributed by atoms with Crippen LogP contribution in [0.5, 0.6) is 5.75 Å². The van der Waals surface area contributed by atoms with Crippen LogP contribution in [0.3, 0.4) is 0 Å². The van der Waals surface area contributed by atoms with Crippen molar-refractivity contribution in [2.75, 3.05) is 18.5 Å². The molecule has 0 fully saturated rings. The highest BCUT2D eigenvalue weighted by Gasteiger charge is 2.03. The fourth-order valence-electron chi connectivity index (χ4n) is 1.86. The molecular formula is C17H18Cl2N2O2. The van der Waals surface area contributed by atoms with E-state index < -0.39 is 0 Å². The van der Waals surface area contributed by atoms with Gasteiger partial charge < -0.3 is 15.4 Å². The van der Waals surface area contributed by atoms with Crippen LogP contribution in [-0.4, -0.2) is 19.2 Å². The second kappa shape index (κ2) is 8.65. The third-order valence-corrected chi connectivity index (χ3v) is 3.85. The minimum Gasteiger partial charge on any atom is -0.492 e. The molecule has 2 amide bonds. The van der Waals surface area contributed by atoms with E-state index in [4.69, 9.17) is 27.9 Å². The highest BCUT2D eigenvalue weighted by atomic mass is 35.5. The molecular weight excluding hydrogens is 335 g/mol. The van der Waals surface area contributed by atoms with Crippen LogP contribution in [0.1, 0.15) is 12.0 Å². The first-order valence-electron chi connectivity index (χ1n) is 7.24. The minimum absolute atomic E-state index is 0.275. The normalized spacial score (nSPS) is 10.2. The van der Waals surface area contributed by atoms with Crippen LogP contribution in [0.25, 0.3) is 0 Å². The van der Waals surface area contributed by atoms with Crippen LogP contribution < -0.4 is 15.4 Å². The van der Waals surface area contributed by atoms with Gasteiger partial charge in [0, 0.05) is 17.3 Å². The highest BCUT2D eigenvalue weighted by Crippen LogP contribution is 2.23. The number of halogens is 2. The lowest BCUT2D eigenvalue weighted by atomic mass is 10.2. The Hall–Kier alpha value is -1.91. The van der Waals surface area contributed by atoms with Crippen molar-refractivity contribution in [2.24, 2.45) is 0 Å². The number of aryl methyl sites for hydroxylation is 1. The number of hydrogen-bond acceptors (Lipinski definition) is 2. The maximum atomic E-state index is 11.8. The van der Waals surface area contributed by atoms with Gasteiger partial charge in [0.2, 0.25) is 0 Å². The summed E-state index contributed by atoms with van der Waals surface area (Å²) in [5.41, 5.74) is 1.62. The molecule has 0 aliphatic heterocycles. The molecule has 4 nitrogen and oxygen atoms in total. The molecule has 0 aliphatic rings. The minimum atomic E-state index is -0.275. The molecule has 0 bridgehead atoms. The summed E-state index contributed by atoms with van der Waals surface area (Å²) < 4.78 is 5.54. The van der Waals surface area contributed by atoms with Gasteiger partial charge in [-0.2, -0.15) is 0 Å². The number of urea groups is 1. The van der Waals surface area contributed by atoms with E-state index in [1.807, 2.05) is 31.2 Å². The number of anilines is 1. The predicted molar refractivity (Wildman–Crippen MR) is 94.8 cm³/mol. The van der Waals surface area contributed by atoms with Crippen molar-refractivity contribution in [3.05, 3.63) is 58.1 Å². The van der Waals surface area contributed by atoms with E-state index >= 15 is 0 Å². The first kappa shape index (κ1) is 17.4. The molecule has 0 spiro atoms. The second-order valence-electron chi connectivity index (χ2n) is 4.98. The summed E-state index contributed by atoms with van der Waals surface area (Å²) in [5, 5.41) is 6.69. The summed E-state index contributed by atoms with van der Waals surface area (Å²) in [4.78, 5) is 11.8. The van der Waals surface area contributed by atoms with Crippen LogP contribution in [0.15, 0.2) is 42.5 Å². The Labute approximate surface area is 145 Å². The molecule has 2 rings (SSSR count). The number of rotatable bonds is 6. The number of carbonyl (C=O) groups is 1. The molecule has 6 heteroatoms. The predicted octanol–water partition coefficient (Wildman–Crippen LogP) is 4.89. The van der Waals surface area contributed by atoms with Crippen molar-refractivity contribution < 1.29 is 9.53 Å². The fourth-order valence-corrected chi connectivity index (χ4v) is 2.23. The lowest BCUT2D eigenvalue weighted by Crippen LogP contribution is -2.30. The van der Waals surface area contributed by atoms with Gasteiger partial charge in [-0.3, -0.25) is 0 Å². The van der Waals surface area contributed by atoms with Crippen LogP contribution in [0, 0.1) is 6.92 Å². The van der Waals surface area contributed by atoms with Gasteiger partial charge in [-0.05, 0) is 43.2 Å². The number of ether oxygens (including phenoxy) is 1. The number of benzene rings is 2. The summed E-state index contributed by atoms with van der Waals surface area (Å²) in [6.07, 6.45) is 0.674. The Bertz CT molecular complexity index is 677. The Balaban J connectivity index is 1.67. The summed E-state index contributed by atoms with van der Waals surface area (Å²) in [6, 6.07) is 12.4. The lowest BCUT2D eigenvalue weighted by molar-refractivity contribution is 0.250. The van der Waals surface area contributed by atoms with Gasteiger partial charge in [-0.15, -0.1) is 0 Å². The van der Waals surface area contributed by atoms with Gasteiger partial charge in [0.05, 0.1) is 11.6 Å². The number of carbonyl (C=O) groups excluding carboxylic acids is 1. The maximum absolute atomic E-state index is 11.8. The third kappa shape index (κ3) is 5.66. The first-order valence-corrected chi connectivity index (χ1v) is 8.00. The van der Waals surface area contributed by atoms with E-state index in [1.165, 1.54) is 0 Å². The molecule has 0 heterocycles. The van der Waals surface area contributed by atoms with Gasteiger partial charge in [-0.1, -0.05) is 41.4 Å². The van der Waals surface area contributed by atoms with E-state index in [0.29, 0.717) is 41.1 Å². The smallest absolute Gasteiger partial charge is 0.319 e. The van der Waals surface area contributed by atoms with Crippen LogP contribution >= 0.6 is 23.2 Å². The lowest BCUT2D eigenvalue weighted by Gasteiger charge is -2.10. The topological polar surface area (TPSA) is 50.4 Å². The van der Waals surface area contributed by atoms with Crippen LogP contribution in [-0.2, 0) is 0 Å². The highest BCUT2D eigenvalue weighted by molar-refractivity contribution is 6.32. The second-order valence-corrected chi connectivity index (χ2v) is 5.79. The molecule has 0 atom stereocenters. The van der Waals surface area contributed by atoms with Gasteiger partial charge in [0.1, 0.15) is 5.75 Å². The zero-order chi connectivity index (χ0) is 16.7. The Morgan fingerprint density at radius 2 is 1.91 bits per heavy atom. The van der Waals surface area contributed by atoms with Crippen molar-refractivity contribution in [2.45, 2.75) is 13.3 Å². The van der Waals surface area contributed by atoms with Crippen molar-refractivity contribution >= 4 is 34.9 Å². The van der Waals surface area contributed by atoms with Gasteiger partial charge in [-0.25, -0.2) is 4.79 Å². The molecule has 0 unspecified atom stereocenters. The molecule has 122 valence electrons. The Kier molecular flexibility index (Phi) is 6.56. The van der Waals surface area contributed by atoms with E-state index in [0.717, 1.165) is 5.56 Å². The molecule has 0 saturated carbocycles. The summed E-state index contributed by atoms with van der Waals surface area (Å²) in [7, 11) is 0. The molecule has 2 aromatic rings. The molecule has 0 aliphatic carbocycles. The van der Waals surface area contributed by atoms with Crippen LogP contribution in [0.2, 0.25) is 10.0 Å². The number of amides is 2. The number of para-hydroxylation sites is 1. The molecule has 23 heavy (non-hydrogen) atoms. The van der Waals surface area contributed by atoms with Crippen molar-refractivity contribution in [1.82, 2.24) is 5.32 Å². The summed E-state index contributed by atoms with van der Waals surface area (Å²) >= 11 is 12.0. The molecule has 0 radical (unpaired) electrons. The first-order chi connectivity index (χ1) is 11.1. The third-order valence-electron chi connectivity index (χ3n) is 3.13. The quantitative estimate of drug-likeness (QED) is 0.727. The summed E-state index contributed by atoms with van der Waals surface area (Å²) in [5.74, 6) is 0.646. The number of nitrogens with one attached hydrogen (secondary N) is 2. The maximum Gasteiger partial charge on any atom is 0.319 e. The molecule has 0 aromatic heterocycles. The Morgan fingerprint density at radius 3 is 2.65 bits per heavy atom. The average molecular weight is 353 g/mol. The zero-order valence-electron chi connectivity index (χ0n) is 12.7. The molecule has 2 aromatic carbocycles. The fraction of sp³-hybridized carbons (Fsp3) is 0.235. The average Bonchev–Trinajstić information content (AvgIpc) is 2.52. The molecule has 0 saturated heterocycles. The van der Waals surface area contributed by atoms with E-state index in [1.54, 1.807) is 18.2 Å². The van der Waals surface area contributed by atoms with Gasteiger partial charge in [0.25, 0.3) is 0 Å². The monoisotopic (exact) mass is 352 g/mol. The van der Waals surface area contributed by atoms with Crippen LogP contribution in [0.4, 0.5) is 10.5 Å². The molecule has 2 N–H and O–H groups in total. The standard InChI is InChI=1S/C17H18Cl2N2O2/c1-12-7-8-13(11-15(12)19)21-17(22)20-9-4-10-23-16-6-3-2-5-14(16)18/h2-3,5-8,11H,4,9-10H2,1H3,(H2,20,21,22). The SMILES string of the molecule is Cc1ccc(NC(=O)NCCCOc2ccccc2Cl)cc1Cl. The Morgan fingerprint density at radius 1 is 1.13 bits per heavy atom. The van der Waals surface area contributed by atoms with Gasteiger partial charge >= 0.3 is 6.03 Å². The summed E-state index contributed by atoms with van der Waals surface area (Å²) in [6.45, 7) is 2.88. The van der Waals surface area contributed by atoms with E-state index in [9.17, 15) is 4.79 Å². The number of hydrogen-bond donors (Lipinski definition) is 2. The van der Waals surface area contributed by atoms with E-state index in [2.05, 4.69) is 10.6 Å². The zero-order valence-corrected chi connectivity index (χ0v) is 14.2. The van der Waals surface area contributed by atoms with Crippen molar-refractivity contribution in [1.29, 1.82) is 0 Å². The largest absolute Gasteiger partial charge is 0.492 e. The van der Waals surface area contributed by atoms with Crippen molar-refractivity contribution in [3.63, 3.8) is 0 Å².